The molecule has 0 radical (unpaired) electrons. The van der Waals surface area contributed by atoms with Gasteiger partial charge in [-0.2, -0.15) is 11.3 Å². The summed E-state index contributed by atoms with van der Waals surface area (Å²) >= 11 is 1.58. The third-order valence-electron chi connectivity index (χ3n) is 2.80. The summed E-state index contributed by atoms with van der Waals surface area (Å²) in [4.78, 5) is 0.345. The van der Waals surface area contributed by atoms with Crippen molar-refractivity contribution in [2.75, 3.05) is 0 Å². The molecule has 0 bridgehead atoms. The van der Waals surface area contributed by atoms with Gasteiger partial charge in [-0.15, -0.1) is 0 Å². The van der Waals surface area contributed by atoms with Gasteiger partial charge in [0.2, 0.25) is 10.0 Å². The minimum atomic E-state index is -3.43. The van der Waals surface area contributed by atoms with E-state index >= 15 is 0 Å². The first kappa shape index (κ1) is 13.3. The van der Waals surface area contributed by atoms with Crippen LogP contribution in [0.15, 0.2) is 39.9 Å². The fourth-order valence-electron chi connectivity index (χ4n) is 1.68. The molecule has 1 aromatic carbocycles. The Morgan fingerprint density at radius 3 is 2.44 bits per heavy atom. The number of benzene rings is 1. The SMILES string of the molecule is Cc1cscc1CNS(=O)(=O)c1ccccc1C. The molecule has 1 aromatic heterocycles. The topological polar surface area (TPSA) is 46.2 Å². The number of thiophene rings is 1. The second-order valence-corrected chi connectivity index (χ2v) is 6.65. The molecule has 0 aliphatic rings. The molecule has 0 aliphatic heterocycles. The van der Waals surface area contributed by atoms with E-state index in [1.807, 2.05) is 23.8 Å². The lowest BCUT2D eigenvalue weighted by molar-refractivity contribution is 0.580. The highest BCUT2D eigenvalue weighted by Gasteiger charge is 2.16. The van der Waals surface area contributed by atoms with Crippen LogP contribution >= 0.6 is 11.3 Å². The van der Waals surface area contributed by atoms with Gasteiger partial charge in [-0.05, 0) is 47.4 Å². The van der Waals surface area contributed by atoms with Crippen molar-refractivity contribution in [3.63, 3.8) is 0 Å². The molecule has 0 saturated carbocycles. The Labute approximate surface area is 112 Å². The van der Waals surface area contributed by atoms with E-state index in [0.717, 1.165) is 16.7 Å². The Balaban J connectivity index is 2.19. The Morgan fingerprint density at radius 1 is 1.11 bits per heavy atom. The number of aryl methyl sites for hydroxylation is 2. The van der Waals surface area contributed by atoms with Crippen molar-refractivity contribution in [2.45, 2.75) is 25.3 Å². The van der Waals surface area contributed by atoms with E-state index in [9.17, 15) is 8.42 Å². The molecule has 2 rings (SSSR count). The molecule has 96 valence electrons. The van der Waals surface area contributed by atoms with Crippen molar-refractivity contribution in [1.82, 2.24) is 4.72 Å². The van der Waals surface area contributed by atoms with E-state index in [0.29, 0.717) is 11.4 Å². The number of hydrogen-bond acceptors (Lipinski definition) is 3. The Kier molecular flexibility index (Phi) is 3.85. The number of hydrogen-bond donors (Lipinski definition) is 1. The third-order valence-corrected chi connectivity index (χ3v) is 5.27. The fourth-order valence-corrected chi connectivity index (χ4v) is 3.78. The van der Waals surface area contributed by atoms with Crippen LogP contribution in [0.3, 0.4) is 0 Å². The smallest absolute Gasteiger partial charge is 0.207 e. The molecule has 0 unspecified atom stereocenters. The summed E-state index contributed by atoms with van der Waals surface area (Å²) in [5.74, 6) is 0. The van der Waals surface area contributed by atoms with Crippen LogP contribution in [-0.2, 0) is 16.6 Å². The molecule has 0 aliphatic carbocycles. The first-order valence-corrected chi connectivity index (χ1v) is 8.00. The van der Waals surface area contributed by atoms with E-state index in [1.165, 1.54) is 0 Å². The average molecular weight is 281 g/mol. The van der Waals surface area contributed by atoms with Crippen LogP contribution in [-0.4, -0.2) is 8.42 Å². The van der Waals surface area contributed by atoms with Crippen LogP contribution in [0.4, 0.5) is 0 Å². The van der Waals surface area contributed by atoms with Gasteiger partial charge >= 0.3 is 0 Å². The maximum atomic E-state index is 12.2. The average Bonchev–Trinajstić information content (AvgIpc) is 2.73. The van der Waals surface area contributed by atoms with Gasteiger partial charge in [0.25, 0.3) is 0 Å². The minimum Gasteiger partial charge on any atom is -0.207 e. The Morgan fingerprint density at radius 2 is 1.83 bits per heavy atom. The van der Waals surface area contributed by atoms with E-state index in [4.69, 9.17) is 0 Å². The molecule has 0 saturated heterocycles. The van der Waals surface area contributed by atoms with E-state index < -0.39 is 10.0 Å². The first-order valence-electron chi connectivity index (χ1n) is 5.57. The van der Waals surface area contributed by atoms with Crippen molar-refractivity contribution in [1.29, 1.82) is 0 Å². The van der Waals surface area contributed by atoms with Crippen molar-refractivity contribution in [2.24, 2.45) is 0 Å². The maximum absolute atomic E-state index is 12.2. The van der Waals surface area contributed by atoms with E-state index in [2.05, 4.69) is 4.72 Å². The van der Waals surface area contributed by atoms with Gasteiger partial charge in [-0.25, -0.2) is 13.1 Å². The largest absolute Gasteiger partial charge is 0.241 e. The third kappa shape index (κ3) is 2.80. The summed E-state index contributed by atoms with van der Waals surface area (Å²) in [5.41, 5.74) is 2.90. The second-order valence-electron chi connectivity index (χ2n) is 4.17. The number of sulfonamides is 1. The number of nitrogens with one attached hydrogen (secondary N) is 1. The van der Waals surface area contributed by atoms with Crippen LogP contribution in [0.2, 0.25) is 0 Å². The fraction of sp³-hybridized carbons (Fsp3) is 0.231. The van der Waals surface area contributed by atoms with Crippen LogP contribution in [0.25, 0.3) is 0 Å². The van der Waals surface area contributed by atoms with Crippen LogP contribution in [0, 0.1) is 13.8 Å². The highest BCUT2D eigenvalue weighted by Crippen LogP contribution is 2.17. The molecular weight excluding hydrogens is 266 g/mol. The van der Waals surface area contributed by atoms with E-state index in [-0.39, 0.29) is 0 Å². The molecular formula is C13H15NO2S2. The summed E-state index contributed by atoms with van der Waals surface area (Å²) in [6.07, 6.45) is 0. The quantitative estimate of drug-likeness (QED) is 0.936. The summed E-state index contributed by atoms with van der Waals surface area (Å²) < 4.78 is 26.9. The molecule has 0 fully saturated rings. The minimum absolute atomic E-state index is 0.339. The summed E-state index contributed by atoms with van der Waals surface area (Å²) in [5, 5.41) is 3.98. The lowest BCUT2D eigenvalue weighted by atomic mass is 10.2. The van der Waals surface area contributed by atoms with Gasteiger partial charge in [0, 0.05) is 6.54 Å². The van der Waals surface area contributed by atoms with Gasteiger partial charge < -0.3 is 0 Å². The summed E-state index contributed by atoms with van der Waals surface area (Å²) in [6.45, 7) is 4.12. The van der Waals surface area contributed by atoms with Crippen molar-refractivity contribution in [3.8, 4) is 0 Å². The van der Waals surface area contributed by atoms with Crippen LogP contribution in [0.1, 0.15) is 16.7 Å². The van der Waals surface area contributed by atoms with Crippen LogP contribution < -0.4 is 4.72 Å². The summed E-state index contributed by atoms with van der Waals surface area (Å²) in [6, 6.07) is 6.98. The Hall–Kier alpha value is -1.17. The number of rotatable bonds is 4. The second kappa shape index (κ2) is 5.22. The zero-order chi connectivity index (χ0) is 13.2. The predicted octanol–water partition coefficient (Wildman–Crippen LogP) is 2.84. The first-order chi connectivity index (χ1) is 8.50. The molecule has 0 atom stereocenters. The monoisotopic (exact) mass is 281 g/mol. The Bertz CT molecular complexity index is 645. The maximum Gasteiger partial charge on any atom is 0.241 e. The lowest BCUT2D eigenvalue weighted by Gasteiger charge is -2.08. The van der Waals surface area contributed by atoms with Crippen LogP contribution in [0.5, 0.6) is 0 Å². The standard InChI is InChI=1S/C13H15NO2S2/c1-10-5-3-4-6-13(10)18(15,16)14-7-12-9-17-8-11(12)2/h3-6,8-9,14H,7H2,1-2H3. The zero-order valence-electron chi connectivity index (χ0n) is 10.3. The lowest BCUT2D eigenvalue weighted by Crippen LogP contribution is -2.24. The van der Waals surface area contributed by atoms with Crippen molar-refractivity contribution >= 4 is 21.4 Å². The zero-order valence-corrected chi connectivity index (χ0v) is 11.9. The molecule has 0 amide bonds. The molecule has 1 N–H and O–H groups in total. The van der Waals surface area contributed by atoms with Crippen molar-refractivity contribution in [3.05, 3.63) is 51.7 Å². The van der Waals surface area contributed by atoms with Gasteiger partial charge in [-0.1, -0.05) is 18.2 Å². The molecule has 0 spiro atoms. The normalized spacial score (nSPS) is 11.7. The van der Waals surface area contributed by atoms with E-state index in [1.54, 1.807) is 36.5 Å². The summed E-state index contributed by atoms with van der Waals surface area (Å²) in [7, 11) is -3.43. The molecule has 5 heteroatoms. The molecule has 2 aromatic rings. The predicted molar refractivity (Wildman–Crippen MR) is 74.3 cm³/mol. The highest BCUT2D eigenvalue weighted by molar-refractivity contribution is 7.89. The van der Waals surface area contributed by atoms with Crippen molar-refractivity contribution < 1.29 is 8.42 Å². The van der Waals surface area contributed by atoms with Gasteiger partial charge in [0.05, 0.1) is 4.90 Å². The highest BCUT2D eigenvalue weighted by atomic mass is 32.2. The van der Waals surface area contributed by atoms with Gasteiger partial charge in [0.1, 0.15) is 0 Å². The molecule has 3 nitrogen and oxygen atoms in total. The molecule has 18 heavy (non-hydrogen) atoms. The van der Waals surface area contributed by atoms with Gasteiger partial charge in [-0.3, -0.25) is 0 Å². The van der Waals surface area contributed by atoms with Gasteiger partial charge in [0.15, 0.2) is 0 Å². The molecule has 1 heterocycles.